The van der Waals surface area contributed by atoms with Crippen LogP contribution < -0.4 is 0 Å². The Balaban J connectivity index is 0.000000239. The standard InChI is InChI=1S/C22H21F3N2O6.C20H17F3N2O5/c1-3-32-20(28)21(22(23,24)25,33-14-31-2)18-13-26(12-15-7-5-4-6-8-15)19-11-16(27(29)30)9-10-17(18)19;1-2-30-18(26)19(27,20(21,22)23)16-12-24(11-13-6-4-3-5-7-13)17-10-14(25(28)29)8-9-15(16)17/h4-11,13H,3,12,14H2,1-2H3;3-10,12,27H,2,11H2,1H3. The first-order valence-electron chi connectivity index (χ1n) is 18.7. The number of hydrogen-bond acceptors (Lipinski definition) is 11. The maximum absolute atomic E-state index is 14.5. The summed E-state index contributed by atoms with van der Waals surface area (Å²) in [7, 11) is 1.12. The number of nitro benzene ring substituents is 2. The molecule has 2 atom stereocenters. The molecule has 6 rings (SSSR count). The number of carbonyl (C=O) groups is 2. The Morgan fingerprint density at radius 1 is 0.651 bits per heavy atom. The summed E-state index contributed by atoms with van der Waals surface area (Å²) in [6.45, 7) is 1.31. The number of methoxy groups -OCH3 is 1. The number of nitro groups is 2. The average molecular weight is 889 g/mol. The number of aromatic nitrogens is 2. The Morgan fingerprint density at radius 3 is 1.48 bits per heavy atom. The third-order valence-corrected chi connectivity index (χ3v) is 9.65. The van der Waals surface area contributed by atoms with Crippen LogP contribution in [0.2, 0.25) is 0 Å². The molecular weight excluding hydrogens is 850 g/mol. The van der Waals surface area contributed by atoms with Crippen molar-refractivity contribution in [3.05, 3.63) is 152 Å². The number of alkyl halides is 6. The number of rotatable bonds is 15. The topological polar surface area (TPSA) is 187 Å². The van der Waals surface area contributed by atoms with Crippen molar-refractivity contribution in [3.8, 4) is 0 Å². The SMILES string of the molecule is CCOC(=O)C(O)(c1cn(Cc2ccccc2)c2cc([N+](=O)[O-])ccc12)C(F)(F)F.CCOC(=O)C(OCOC)(c1cn(Cc2ccccc2)c2cc([N+](=O)[O-])ccc12)C(F)(F)F. The molecule has 0 spiro atoms. The number of esters is 2. The highest BCUT2D eigenvalue weighted by Crippen LogP contribution is 2.48. The second-order valence-corrected chi connectivity index (χ2v) is 13.6. The van der Waals surface area contributed by atoms with Crippen LogP contribution in [0.15, 0.2) is 109 Å². The summed E-state index contributed by atoms with van der Waals surface area (Å²) in [5, 5.41) is 32.8. The quantitative estimate of drug-likeness (QED) is 0.0343. The Hall–Kier alpha value is -6.84. The van der Waals surface area contributed by atoms with E-state index in [1.807, 2.05) is 0 Å². The van der Waals surface area contributed by atoms with Crippen molar-refractivity contribution in [1.29, 1.82) is 0 Å². The molecule has 6 aromatic rings. The van der Waals surface area contributed by atoms with Crippen molar-refractivity contribution >= 4 is 45.1 Å². The molecule has 0 saturated carbocycles. The molecule has 0 aliphatic carbocycles. The fraction of sp³-hybridized carbons (Fsp3) is 0.286. The highest BCUT2D eigenvalue weighted by Gasteiger charge is 2.66. The van der Waals surface area contributed by atoms with Crippen LogP contribution in [0.3, 0.4) is 0 Å². The van der Waals surface area contributed by atoms with Gasteiger partial charge < -0.3 is 33.2 Å². The lowest BCUT2D eigenvalue weighted by Gasteiger charge is -2.32. The highest BCUT2D eigenvalue weighted by atomic mass is 19.4. The van der Waals surface area contributed by atoms with Gasteiger partial charge in [-0.3, -0.25) is 20.2 Å². The zero-order valence-corrected chi connectivity index (χ0v) is 33.5. The Bertz CT molecular complexity index is 2600. The lowest BCUT2D eigenvalue weighted by atomic mass is 9.92. The molecule has 0 saturated heterocycles. The van der Waals surface area contributed by atoms with Gasteiger partial charge in [-0.05, 0) is 37.1 Å². The molecule has 2 heterocycles. The molecule has 334 valence electrons. The summed E-state index contributed by atoms with van der Waals surface area (Å²) in [5.74, 6) is -3.53. The van der Waals surface area contributed by atoms with Gasteiger partial charge in [0.05, 0.1) is 34.1 Å². The van der Waals surface area contributed by atoms with E-state index in [1.54, 1.807) is 60.7 Å². The first kappa shape index (κ1) is 47.2. The van der Waals surface area contributed by atoms with Gasteiger partial charge in [-0.2, -0.15) is 26.3 Å². The number of fused-ring (bicyclic) bond motifs is 2. The fourth-order valence-electron chi connectivity index (χ4n) is 6.77. The summed E-state index contributed by atoms with van der Waals surface area (Å²) >= 11 is 0. The predicted octanol–water partition coefficient (Wildman–Crippen LogP) is 8.45. The van der Waals surface area contributed by atoms with Crippen LogP contribution in [0, 0.1) is 20.2 Å². The van der Waals surface area contributed by atoms with Crippen LogP contribution in [0.1, 0.15) is 36.1 Å². The fourth-order valence-corrected chi connectivity index (χ4v) is 6.77. The molecule has 0 aliphatic rings. The lowest BCUT2D eigenvalue weighted by Crippen LogP contribution is -2.52. The van der Waals surface area contributed by atoms with Gasteiger partial charge in [-0.15, -0.1) is 0 Å². The molecule has 0 fully saturated rings. The van der Waals surface area contributed by atoms with E-state index in [9.17, 15) is 61.3 Å². The van der Waals surface area contributed by atoms with Gasteiger partial charge in [-0.1, -0.05) is 60.7 Å². The number of aliphatic hydroxyl groups is 1. The third-order valence-electron chi connectivity index (χ3n) is 9.65. The maximum Gasteiger partial charge on any atom is 0.432 e. The second-order valence-electron chi connectivity index (χ2n) is 13.6. The summed E-state index contributed by atoms with van der Waals surface area (Å²) < 4.78 is 107. The van der Waals surface area contributed by atoms with E-state index < -0.39 is 63.3 Å². The third kappa shape index (κ3) is 9.49. The monoisotopic (exact) mass is 888 g/mol. The molecular formula is C42H38F6N4O11. The molecule has 0 aliphatic heterocycles. The second kappa shape index (κ2) is 19.1. The van der Waals surface area contributed by atoms with Gasteiger partial charge in [0.2, 0.25) is 0 Å². The van der Waals surface area contributed by atoms with Crippen LogP contribution in [0.25, 0.3) is 21.8 Å². The first-order valence-corrected chi connectivity index (χ1v) is 18.7. The van der Waals surface area contributed by atoms with Gasteiger partial charge in [0.25, 0.3) is 22.6 Å². The largest absolute Gasteiger partial charge is 0.463 e. The Labute approximate surface area is 353 Å². The number of nitrogens with zero attached hydrogens (tertiary/aromatic N) is 4. The van der Waals surface area contributed by atoms with Crippen LogP contribution in [-0.2, 0) is 52.8 Å². The molecule has 0 amide bonds. The van der Waals surface area contributed by atoms with Gasteiger partial charge >= 0.3 is 24.3 Å². The normalized spacial score (nSPS) is 13.7. The van der Waals surface area contributed by atoms with Crippen LogP contribution in [0.4, 0.5) is 37.7 Å². The average Bonchev–Trinajstić information content (AvgIpc) is 3.78. The van der Waals surface area contributed by atoms with E-state index in [1.165, 1.54) is 29.0 Å². The van der Waals surface area contributed by atoms with E-state index in [0.717, 1.165) is 55.4 Å². The zero-order valence-electron chi connectivity index (χ0n) is 33.5. The van der Waals surface area contributed by atoms with Gasteiger partial charge in [0.15, 0.2) is 0 Å². The van der Waals surface area contributed by atoms with E-state index in [0.29, 0.717) is 5.56 Å². The summed E-state index contributed by atoms with van der Waals surface area (Å²) in [4.78, 5) is 46.1. The molecule has 1 N–H and O–H groups in total. The van der Waals surface area contributed by atoms with Crippen molar-refractivity contribution in [1.82, 2.24) is 9.13 Å². The van der Waals surface area contributed by atoms with Crippen molar-refractivity contribution < 1.29 is 69.8 Å². The minimum atomic E-state index is -5.38. The summed E-state index contributed by atoms with van der Waals surface area (Å²) in [6.07, 6.45) is -8.52. The molecule has 4 aromatic carbocycles. The van der Waals surface area contributed by atoms with Crippen LogP contribution in [0.5, 0.6) is 0 Å². The van der Waals surface area contributed by atoms with Crippen molar-refractivity contribution in [2.45, 2.75) is 50.5 Å². The minimum absolute atomic E-state index is 0.0435. The highest BCUT2D eigenvalue weighted by molar-refractivity contribution is 5.95. The molecule has 0 radical (unpaired) electrons. The van der Waals surface area contributed by atoms with Crippen molar-refractivity contribution in [2.75, 3.05) is 27.1 Å². The minimum Gasteiger partial charge on any atom is -0.463 e. The maximum atomic E-state index is 14.5. The van der Waals surface area contributed by atoms with Gasteiger partial charge in [0, 0.05) is 78.8 Å². The molecule has 2 aromatic heterocycles. The molecule has 0 bridgehead atoms. The Kier molecular flexibility index (Phi) is 14.3. The summed E-state index contributed by atoms with van der Waals surface area (Å²) in [5.41, 5.74) is -7.76. The van der Waals surface area contributed by atoms with Gasteiger partial charge in [-0.25, -0.2) is 9.59 Å². The summed E-state index contributed by atoms with van der Waals surface area (Å²) in [6, 6.07) is 24.1. The predicted molar refractivity (Wildman–Crippen MR) is 212 cm³/mol. The van der Waals surface area contributed by atoms with Crippen LogP contribution in [-0.4, -0.2) is 75.5 Å². The smallest absolute Gasteiger partial charge is 0.432 e. The van der Waals surface area contributed by atoms with E-state index in [2.05, 4.69) is 9.47 Å². The Morgan fingerprint density at radius 2 is 1.08 bits per heavy atom. The first-order chi connectivity index (χ1) is 29.7. The number of benzene rings is 4. The molecule has 2 unspecified atom stereocenters. The van der Waals surface area contributed by atoms with E-state index in [4.69, 9.17) is 9.47 Å². The number of non-ortho nitro benzene ring substituents is 2. The number of hydrogen-bond donors (Lipinski definition) is 1. The van der Waals surface area contributed by atoms with Gasteiger partial charge in [0.1, 0.15) is 6.79 Å². The number of carbonyl (C=O) groups excluding carboxylic acids is 2. The van der Waals surface area contributed by atoms with Crippen LogP contribution >= 0.6 is 0 Å². The van der Waals surface area contributed by atoms with Crippen molar-refractivity contribution in [3.63, 3.8) is 0 Å². The number of halogens is 6. The molecule has 63 heavy (non-hydrogen) atoms. The molecule has 21 heteroatoms. The van der Waals surface area contributed by atoms with Crippen molar-refractivity contribution in [2.24, 2.45) is 0 Å². The lowest BCUT2D eigenvalue weighted by molar-refractivity contribution is -0.384. The van der Waals surface area contributed by atoms with E-state index in [-0.39, 0.29) is 59.5 Å². The van der Waals surface area contributed by atoms with E-state index >= 15 is 0 Å². The molecule has 15 nitrogen and oxygen atoms in total. The number of ether oxygens (including phenoxy) is 4. The zero-order chi connectivity index (χ0) is 46.3.